The molecule has 0 aliphatic heterocycles. The number of aromatic nitrogens is 2. The van der Waals surface area contributed by atoms with Crippen LogP contribution in [-0.4, -0.2) is 22.8 Å². The van der Waals surface area contributed by atoms with Crippen LogP contribution < -0.4 is 10.1 Å². The van der Waals surface area contributed by atoms with Crippen LogP contribution in [0.5, 0.6) is 5.75 Å². The number of benzene rings is 1. The van der Waals surface area contributed by atoms with E-state index in [1.807, 2.05) is 13.1 Å². The van der Waals surface area contributed by atoms with Gasteiger partial charge in [-0.15, -0.1) is 0 Å². The third kappa shape index (κ3) is 3.42. The zero-order chi connectivity index (χ0) is 15.6. The number of hydrogen-bond acceptors (Lipinski definition) is 3. The van der Waals surface area contributed by atoms with Gasteiger partial charge >= 0.3 is 0 Å². The van der Waals surface area contributed by atoms with Crippen LogP contribution in [0.1, 0.15) is 36.8 Å². The molecule has 0 saturated carbocycles. The third-order valence-electron chi connectivity index (χ3n) is 3.24. The highest BCUT2D eigenvalue weighted by Crippen LogP contribution is 2.23. The van der Waals surface area contributed by atoms with Crippen LogP contribution >= 0.6 is 0 Å². The molecule has 21 heavy (non-hydrogen) atoms. The molecule has 5 heteroatoms. The Morgan fingerprint density at radius 3 is 2.33 bits per heavy atom. The van der Waals surface area contributed by atoms with E-state index in [9.17, 15) is 4.79 Å². The molecular weight excluding hydrogens is 266 g/mol. The molecule has 0 saturated heterocycles. The largest absolute Gasteiger partial charge is 0.497 e. The first-order chi connectivity index (χ1) is 9.81. The van der Waals surface area contributed by atoms with Gasteiger partial charge in [-0.2, -0.15) is 5.10 Å². The van der Waals surface area contributed by atoms with E-state index in [-0.39, 0.29) is 11.3 Å². The van der Waals surface area contributed by atoms with Crippen molar-refractivity contribution in [1.29, 1.82) is 0 Å². The van der Waals surface area contributed by atoms with Crippen molar-refractivity contribution in [3.05, 3.63) is 41.6 Å². The lowest BCUT2D eigenvalue weighted by molar-refractivity contribution is 0.102. The summed E-state index contributed by atoms with van der Waals surface area (Å²) in [6, 6.07) is 8.89. The van der Waals surface area contributed by atoms with Crippen molar-refractivity contribution in [1.82, 2.24) is 9.78 Å². The lowest BCUT2D eigenvalue weighted by Crippen LogP contribution is -2.14. The van der Waals surface area contributed by atoms with Gasteiger partial charge in [-0.25, -0.2) is 0 Å². The number of ether oxygens (including phenoxy) is 1. The summed E-state index contributed by atoms with van der Waals surface area (Å²) < 4.78 is 6.76. The van der Waals surface area contributed by atoms with Crippen LogP contribution in [0.25, 0.3) is 0 Å². The van der Waals surface area contributed by atoms with Gasteiger partial charge in [0.05, 0.1) is 12.8 Å². The molecule has 112 valence electrons. The van der Waals surface area contributed by atoms with Crippen molar-refractivity contribution < 1.29 is 9.53 Å². The maximum absolute atomic E-state index is 12.2. The molecule has 0 aliphatic rings. The number of carbonyl (C=O) groups is 1. The van der Waals surface area contributed by atoms with Gasteiger partial charge in [0, 0.05) is 24.1 Å². The van der Waals surface area contributed by atoms with Crippen molar-refractivity contribution >= 4 is 11.7 Å². The van der Waals surface area contributed by atoms with E-state index in [1.165, 1.54) is 0 Å². The molecule has 1 aromatic heterocycles. The molecule has 2 rings (SSSR count). The minimum Gasteiger partial charge on any atom is -0.497 e. The molecule has 0 unspecified atom stereocenters. The van der Waals surface area contributed by atoms with E-state index < -0.39 is 0 Å². The van der Waals surface area contributed by atoms with E-state index in [0.717, 1.165) is 11.4 Å². The first-order valence-electron chi connectivity index (χ1n) is 6.81. The molecular formula is C16H21N3O2. The molecule has 0 radical (unpaired) electrons. The monoisotopic (exact) mass is 287 g/mol. The van der Waals surface area contributed by atoms with E-state index >= 15 is 0 Å². The predicted molar refractivity (Wildman–Crippen MR) is 82.9 cm³/mol. The SMILES string of the molecule is COc1ccc(C(=O)Nc2cc(C(C)(C)C)nn2C)cc1. The first kappa shape index (κ1) is 15.1. The molecule has 5 nitrogen and oxygen atoms in total. The van der Waals surface area contributed by atoms with Crippen LogP contribution in [-0.2, 0) is 12.5 Å². The van der Waals surface area contributed by atoms with Gasteiger partial charge in [-0.05, 0) is 24.3 Å². The summed E-state index contributed by atoms with van der Waals surface area (Å²) in [5, 5.41) is 7.32. The summed E-state index contributed by atoms with van der Waals surface area (Å²) in [4.78, 5) is 12.2. The predicted octanol–water partition coefficient (Wildman–Crippen LogP) is 2.98. The summed E-state index contributed by atoms with van der Waals surface area (Å²) in [6.07, 6.45) is 0. The minimum absolute atomic E-state index is 0.0547. The smallest absolute Gasteiger partial charge is 0.256 e. The fraction of sp³-hybridized carbons (Fsp3) is 0.375. The zero-order valence-corrected chi connectivity index (χ0v) is 13.1. The summed E-state index contributed by atoms with van der Waals surface area (Å²) in [5.41, 5.74) is 1.46. The van der Waals surface area contributed by atoms with Crippen LogP contribution in [0.15, 0.2) is 30.3 Å². The maximum atomic E-state index is 12.2. The number of rotatable bonds is 3. The molecule has 0 aliphatic carbocycles. The molecule has 1 N–H and O–H groups in total. The number of nitrogens with zero attached hydrogens (tertiary/aromatic N) is 2. The summed E-state index contributed by atoms with van der Waals surface area (Å²) >= 11 is 0. The molecule has 0 atom stereocenters. The molecule has 1 aromatic carbocycles. The number of amides is 1. The van der Waals surface area contributed by atoms with Gasteiger partial charge in [0.1, 0.15) is 11.6 Å². The Labute approximate surface area is 124 Å². The number of anilines is 1. The van der Waals surface area contributed by atoms with Gasteiger partial charge in [-0.3, -0.25) is 9.48 Å². The average molecular weight is 287 g/mol. The molecule has 1 amide bonds. The van der Waals surface area contributed by atoms with Crippen LogP contribution in [0.3, 0.4) is 0 Å². The summed E-state index contributed by atoms with van der Waals surface area (Å²) in [5.74, 6) is 1.24. The Balaban J connectivity index is 2.17. The highest BCUT2D eigenvalue weighted by molar-refractivity contribution is 6.03. The topological polar surface area (TPSA) is 56.1 Å². The van der Waals surface area contributed by atoms with Crippen LogP contribution in [0.4, 0.5) is 5.82 Å². The Morgan fingerprint density at radius 2 is 1.86 bits per heavy atom. The van der Waals surface area contributed by atoms with Crippen molar-refractivity contribution in [2.24, 2.45) is 7.05 Å². The highest BCUT2D eigenvalue weighted by Gasteiger charge is 2.19. The van der Waals surface area contributed by atoms with E-state index in [0.29, 0.717) is 11.4 Å². The van der Waals surface area contributed by atoms with Gasteiger partial charge in [0.25, 0.3) is 5.91 Å². The summed E-state index contributed by atoms with van der Waals surface area (Å²) in [7, 11) is 3.41. The zero-order valence-electron chi connectivity index (χ0n) is 13.1. The molecule has 0 bridgehead atoms. The van der Waals surface area contributed by atoms with Crippen molar-refractivity contribution in [3.63, 3.8) is 0 Å². The lowest BCUT2D eigenvalue weighted by Gasteiger charge is -2.13. The quantitative estimate of drug-likeness (QED) is 0.944. The maximum Gasteiger partial charge on any atom is 0.256 e. The Hall–Kier alpha value is -2.30. The van der Waals surface area contributed by atoms with Gasteiger partial charge in [0.15, 0.2) is 0 Å². The lowest BCUT2D eigenvalue weighted by atomic mass is 9.92. The number of nitrogens with one attached hydrogen (secondary N) is 1. The van der Waals surface area contributed by atoms with Gasteiger partial charge in [-0.1, -0.05) is 20.8 Å². The second-order valence-corrected chi connectivity index (χ2v) is 5.97. The van der Waals surface area contributed by atoms with E-state index in [4.69, 9.17) is 4.74 Å². The first-order valence-corrected chi connectivity index (χ1v) is 6.81. The molecule has 1 heterocycles. The van der Waals surface area contributed by atoms with Gasteiger partial charge in [0.2, 0.25) is 0 Å². The van der Waals surface area contributed by atoms with Crippen molar-refractivity contribution in [2.75, 3.05) is 12.4 Å². The third-order valence-corrected chi connectivity index (χ3v) is 3.24. The fourth-order valence-electron chi connectivity index (χ4n) is 1.88. The van der Waals surface area contributed by atoms with Crippen LogP contribution in [0.2, 0.25) is 0 Å². The fourth-order valence-corrected chi connectivity index (χ4v) is 1.88. The standard InChI is InChI=1S/C16H21N3O2/c1-16(2,3)13-10-14(19(4)18-13)17-15(20)11-6-8-12(21-5)9-7-11/h6-10H,1-5H3,(H,17,20). The minimum atomic E-state index is -0.166. The Kier molecular flexibility index (Phi) is 4.02. The summed E-state index contributed by atoms with van der Waals surface area (Å²) in [6.45, 7) is 6.26. The molecule has 0 fully saturated rings. The number of carbonyl (C=O) groups excluding carboxylic acids is 1. The van der Waals surface area contributed by atoms with Crippen molar-refractivity contribution in [2.45, 2.75) is 26.2 Å². The Bertz CT molecular complexity index is 637. The average Bonchev–Trinajstić information content (AvgIpc) is 2.80. The van der Waals surface area contributed by atoms with Crippen LogP contribution in [0, 0.1) is 0 Å². The number of methoxy groups -OCH3 is 1. The second kappa shape index (κ2) is 5.60. The van der Waals surface area contributed by atoms with E-state index in [1.54, 1.807) is 36.1 Å². The normalized spacial score (nSPS) is 11.3. The number of aryl methyl sites for hydroxylation is 1. The second-order valence-electron chi connectivity index (χ2n) is 5.97. The number of hydrogen-bond donors (Lipinski definition) is 1. The molecule has 0 spiro atoms. The van der Waals surface area contributed by atoms with Gasteiger partial charge < -0.3 is 10.1 Å². The molecule has 2 aromatic rings. The Morgan fingerprint density at radius 1 is 1.24 bits per heavy atom. The van der Waals surface area contributed by atoms with Crippen molar-refractivity contribution in [3.8, 4) is 5.75 Å². The van der Waals surface area contributed by atoms with E-state index in [2.05, 4.69) is 31.2 Å². The highest BCUT2D eigenvalue weighted by atomic mass is 16.5.